The number of benzene rings is 2. The fourth-order valence-corrected chi connectivity index (χ4v) is 3.58. The average molecular weight is 360 g/mol. The molecule has 26 heavy (non-hydrogen) atoms. The third-order valence-electron chi connectivity index (χ3n) is 3.87. The summed E-state index contributed by atoms with van der Waals surface area (Å²) in [6, 6.07) is 14.8. The number of hydrogen-bond acceptors (Lipinski definition) is 6. The van der Waals surface area contributed by atoms with Gasteiger partial charge in [-0.1, -0.05) is 12.1 Å². The van der Waals surface area contributed by atoms with Crippen LogP contribution in [0.3, 0.4) is 0 Å². The first kappa shape index (κ1) is 16.1. The first-order valence-corrected chi connectivity index (χ1v) is 8.66. The van der Waals surface area contributed by atoms with Crippen molar-refractivity contribution in [1.82, 2.24) is 9.97 Å². The van der Waals surface area contributed by atoms with E-state index < -0.39 is 0 Å². The lowest BCUT2D eigenvalue weighted by molar-refractivity contribution is 0.112. The van der Waals surface area contributed by atoms with Crippen LogP contribution in [-0.4, -0.2) is 22.2 Å². The topological polar surface area (TPSA) is 69.2 Å². The van der Waals surface area contributed by atoms with E-state index >= 15 is 0 Å². The molecule has 0 aliphatic heterocycles. The summed E-state index contributed by atoms with van der Waals surface area (Å²) in [4.78, 5) is 30.8. The summed E-state index contributed by atoms with van der Waals surface area (Å²) in [7, 11) is 0. The maximum Gasteiger partial charge on any atom is 0.150 e. The molecule has 2 aromatic carbocycles. The van der Waals surface area contributed by atoms with E-state index in [4.69, 9.17) is 4.74 Å². The van der Waals surface area contributed by atoms with Gasteiger partial charge in [-0.2, -0.15) is 0 Å². The van der Waals surface area contributed by atoms with Gasteiger partial charge >= 0.3 is 0 Å². The van der Waals surface area contributed by atoms with Gasteiger partial charge in [-0.25, -0.2) is 14.8 Å². The zero-order valence-corrected chi connectivity index (χ0v) is 14.3. The number of ether oxygens (including phenoxy) is 1. The van der Waals surface area contributed by atoms with Crippen molar-refractivity contribution >= 4 is 50.8 Å². The maximum absolute atomic E-state index is 11.4. The molecule has 0 saturated heterocycles. The molecule has 0 atom stereocenters. The number of aromatic nitrogens is 2. The monoisotopic (exact) mass is 360 g/mol. The number of aldehydes is 1. The van der Waals surface area contributed by atoms with Crippen molar-refractivity contribution in [3.8, 4) is 5.75 Å². The Morgan fingerprint density at radius 3 is 2.77 bits per heavy atom. The highest BCUT2D eigenvalue weighted by molar-refractivity contribution is 7.18. The first-order chi connectivity index (χ1) is 12.8. The van der Waals surface area contributed by atoms with E-state index in [0.29, 0.717) is 34.5 Å². The zero-order valence-electron chi connectivity index (χ0n) is 13.5. The molecule has 126 valence electrons. The van der Waals surface area contributed by atoms with Crippen LogP contribution in [0.5, 0.6) is 5.75 Å². The second kappa shape index (κ2) is 6.88. The fourth-order valence-electron chi connectivity index (χ4n) is 2.70. The van der Waals surface area contributed by atoms with Crippen molar-refractivity contribution in [2.45, 2.75) is 6.61 Å². The number of carbonyl (C=O) groups excluding carboxylic acids is 2. The summed E-state index contributed by atoms with van der Waals surface area (Å²) in [5.41, 5.74) is 2.42. The molecule has 0 unspecified atom stereocenters. The Kier molecular flexibility index (Phi) is 4.27. The van der Waals surface area contributed by atoms with Gasteiger partial charge in [0.15, 0.2) is 6.29 Å². The maximum atomic E-state index is 11.4. The third kappa shape index (κ3) is 3.11. The molecule has 0 aliphatic rings. The lowest BCUT2D eigenvalue weighted by Gasteiger charge is -2.07. The second-order valence-corrected chi connectivity index (χ2v) is 6.67. The number of nitrogens with zero attached hydrogens (tertiary/aromatic N) is 2. The lowest BCUT2D eigenvalue weighted by Crippen LogP contribution is -1.96. The predicted octanol–water partition coefficient (Wildman–Crippen LogP) is 4.08. The molecule has 6 heteroatoms. The van der Waals surface area contributed by atoms with E-state index in [1.54, 1.807) is 41.5 Å². The van der Waals surface area contributed by atoms with E-state index in [-0.39, 0.29) is 0 Å². The molecule has 0 fully saturated rings. The Morgan fingerprint density at radius 2 is 1.96 bits per heavy atom. The van der Waals surface area contributed by atoms with Gasteiger partial charge in [-0.15, -0.1) is 11.3 Å². The van der Waals surface area contributed by atoms with Crippen LogP contribution in [0.4, 0.5) is 0 Å². The number of pyridine rings is 1. The third-order valence-corrected chi connectivity index (χ3v) is 4.88. The van der Waals surface area contributed by atoms with Crippen molar-refractivity contribution in [3.63, 3.8) is 0 Å². The van der Waals surface area contributed by atoms with Crippen molar-refractivity contribution in [2.75, 3.05) is 0 Å². The summed E-state index contributed by atoms with van der Waals surface area (Å²) in [5, 5.41) is 1.55. The Labute approximate surface area is 152 Å². The number of para-hydroxylation sites is 1. The largest absolute Gasteiger partial charge is 0.486 e. The van der Waals surface area contributed by atoms with Crippen molar-refractivity contribution in [3.05, 3.63) is 64.8 Å². The highest BCUT2D eigenvalue weighted by Crippen LogP contribution is 2.26. The Balaban J connectivity index is 1.63. The van der Waals surface area contributed by atoms with E-state index in [1.165, 1.54) is 6.08 Å². The molecule has 0 N–H and O–H groups in total. The van der Waals surface area contributed by atoms with Crippen LogP contribution >= 0.6 is 11.3 Å². The highest BCUT2D eigenvalue weighted by Gasteiger charge is 2.08. The standard InChI is InChI=1S/C20H12N2O3S/c23-8-7-14-9-13(11-24)16-10-15(5-6-17(16)21-14)25-12-20-22-18-3-1-2-4-19(18)26-20/h1-7,9-11H,12H2. The minimum Gasteiger partial charge on any atom is -0.486 e. The summed E-state index contributed by atoms with van der Waals surface area (Å²) >= 11 is 1.59. The van der Waals surface area contributed by atoms with E-state index in [0.717, 1.165) is 21.5 Å². The van der Waals surface area contributed by atoms with Crippen LogP contribution in [0.15, 0.2) is 48.5 Å². The average Bonchev–Trinajstić information content (AvgIpc) is 3.09. The molecule has 5 nitrogen and oxygen atoms in total. The smallest absolute Gasteiger partial charge is 0.150 e. The molecule has 0 aliphatic carbocycles. The Morgan fingerprint density at radius 1 is 1.08 bits per heavy atom. The minimum absolute atomic E-state index is 0.348. The Bertz CT molecular complexity index is 1140. The predicted molar refractivity (Wildman–Crippen MR) is 101 cm³/mol. The van der Waals surface area contributed by atoms with Crippen molar-refractivity contribution < 1.29 is 14.3 Å². The molecule has 2 heterocycles. The quantitative estimate of drug-likeness (QED) is 0.396. The van der Waals surface area contributed by atoms with Gasteiger partial charge < -0.3 is 4.74 Å². The van der Waals surface area contributed by atoms with Gasteiger partial charge in [0.1, 0.15) is 23.3 Å². The number of rotatable bonds is 5. The molecule has 4 aromatic rings. The molecular weight excluding hydrogens is 348 g/mol. The van der Waals surface area contributed by atoms with Crippen LogP contribution in [0.2, 0.25) is 0 Å². The van der Waals surface area contributed by atoms with Crippen LogP contribution in [0, 0.1) is 0 Å². The molecule has 0 saturated carbocycles. The zero-order chi connectivity index (χ0) is 17.9. The SMILES string of the molecule is O=C=Cc1cc(C=O)c2cc(OCc3nc4ccccc4s3)ccc2n1. The Hall–Kier alpha value is -3.34. The number of carbonyl (C=O) groups is 1. The second-order valence-electron chi connectivity index (χ2n) is 5.56. The fraction of sp³-hybridized carbons (Fsp3) is 0.0500. The van der Waals surface area contributed by atoms with Gasteiger partial charge in [0.05, 0.1) is 21.4 Å². The molecule has 0 amide bonds. The molecule has 4 rings (SSSR count). The van der Waals surface area contributed by atoms with Gasteiger partial charge in [0, 0.05) is 17.0 Å². The van der Waals surface area contributed by atoms with Crippen molar-refractivity contribution in [1.29, 1.82) is 0 Å². The van der Waals surface area contributed by atoms with Crippen LogP contribution in [-0.2, 0) is 11.4 Å². The summed E-state index contributed by atoms with van der Waals surface area (Å²) in [6.07, 6.45) is 1.94. The highest BCUT2D eigenvalue weighted by atomic mass is 32.1. The first-order valence-electron chi connectivity index (χ1n) is 7.85. The molecule has 0 spiro atoms. The molecular formula is C20H12N2O3S. The van der Waals surface area contributed by atoms with E-state index in [9.17, 15) is 9.59 Å². The molecule has 0 bridgehead atoms. The van der Waals surface area contributed by atoms with Crippen LogP contribution < -0.4 is 4.74 Å². The van der Waals surface area contributed by atoms with E-state index in [1.807, 2.05) is 24.3 Å². The van der Waals surface area contributed by atoms with Crippen LogP contribution in [0.25, 0.3) is 27.2 Å². The summed E-state index contributed by atoms with van der Waals surface area (Å²) in [5.74, 6) is 2.30. The van der Waals surface area contributed by atoms with Gasteiger partial charge in [0.25, 0.3) is 0 Å². The van der Waals surface area contributed by atoms with E-state index in [2.05, 4.69) is 9.97 Å². The normalized spacial score (nSPS) is 10.6. The van der Waals surface area contributed by atoms with Gasteiger partial charge in [-0.3, -0.25) is 4.79 Å². The number of thiazole rings is 1. The number of hydrogen-bond donors (Lipinski definition) is 0. The van der Waals surface area contributed by atoms with Crippen LogP contribution in [0.1, 0.15) is 21.1 Å². The molecule has 2 aromatic heterocycles. The van der Waals surface area contributed by atoms with Gasteiger partial charge in [-0.05, 0) is 36.4 Å². The summed E-state index contributed by atoms with van der Waals surface area (Å²) < 4.78 is 6.96. The minimum atomic E-state index is 0.348. The van der Waals surface area contributed by atoms with Crippen molar-refractivity contribution in [2.24, 2.45) is 0 Å². The van der Waals surface area contributed by atoms with Gasteiger partial charge in [0.2, 0.25) is 0 Å². The summed E-state index contributed by atoms with van der Waals surface area (Å²) in [6.45, 7) is 0.348. The lowest BCUT2D eigenvalue weighted by atomic mass is 10.1. The number of fused-ring (bicyclic) bond motifs is 2. The molecule has 0 radical (unpaired) electrons.